The molecular weight excluding hydrogens is 712 g/mol. The quantitative estimate of drug-likeness (QED) is 0.113. The van der Waals surface area contributed by atoms with Gasteiger partial charge in [-0.15, -0.1) is 0 Å². The van der Waals surface area contributed by atoms with Crippen molar-refractivity contribution in [3.63, 3.8) is 0 Å². The van der Waals surface area contributed by atoms with Crippen molar-refractivity contribution in [1.29, 1.82) is 0 Å². The van der Waals surface area contributed by atoms with E-state index in [0.717, 1.165) is 64.4 Å². The van der Waals surface area contributed by atoms with E-state index in [9.17, 15) is 5.11 Å². The Bertz CT molecular complexity index is 1840. The highest BCUT2D eigenvalue weighted by molar-refractivity contribution is 6.32. The largest absolute Gasteiger partial charge is 0.496 e. The fourth-order valence-electron chi connectivity index (χ4n) is 8.14. The summed E-state index contributed by atoms with van der Waals surface area (Å²) >= 11 is 7.31. The van der Waals surface area contributed by atoms with Crippen LogP contribution in [0.25, 0.3) is 0 Å². The van der Waals surface area contributed by atoms with Crippen molar-refractivity contribution in [2.24, 2.45) is 0 Å². The average molecular weight is 776 g/mol. The molecule has 0 fully saturated rings. The number of halogens is 1. The molecular formula is C46H64ClN2O6+. The third kappa shape index (κ3) is 9.49. The highest BCUT2D eigenvalue weighted by atomic mass is 35.5. The maximum Gasteiger partial charge on any atom is 0.210 e. The third-order valence-electron chi connectivity index (χ3n) is 11.3. The summed E-state index contributed by atoms with van der Waals surface area (Å²) in [6.45, 7) is 23.6. The van der Waals surface area contributed by atoms with E-state index in [1.165, 1.54) is 33.9 Å². The van der Waals surface area contributed by atoms with Crippen molar-refractivity contribution >= 4 is 28.7 Å². The number of methoxy groups -OCH3 is 1. The van der Waals surface area contributed by atoms with Gasteiger partial charge in [0.1, 0.15) is 12.4 Å². The first-order chi connectivity index (χ1) is 26.4. The van der Waals surface area contributed by atoms with E-state index in [1.807, 2.05) is 13.8 Å². The Hall–Kier alpha value is -3.24. The molecule has 5 rings (SSSR count). The van der Waals surface area contributed by atoms with Crippen molar-refractivity contribution in [3.05, 3.63) is 98.3 Å². The summed E-state index contributed by atoms with van der Waals surface area (Å²) in [7, 11) is 1.74. The molecule has 0 radical (unpaired) electrons. The Kier molecular flexibility index (Phi) is 15.0. The smallest absolute Gasteiger partial charge is 0.210 e. The van der Waals surface area contributed by atoms with Gasteiger partial charge >= 0.3 is 0 Å². The number of aliphatic hydroxyl groups is 1. The molecule has 2 aromatic carbocycles. The summed E-state index contributed by atoms with van der Waals surface area (Å²) in [5.41, 5.74) is 12.1. The predicted octanol–water partition coefficient (Wildman–Crippen LogP) is 9.13. The molecule has 300 valence electrons. The topological polar surface area (TPSA) is 72.6 Å². The summed E-state index contributed by atoms with van der Waals surface area (Å²) in [6, 6.07) is 8.82. The Balaban J connectivity index is 1.46. The van der Waals surface area contributed by atoms with Crippen LogP contribution >= 0.6 is 11.6 Å². The normalized spacial score (nSPS) is 19.1. The van der Waals surface area contributed by atoms with Gasteiger partial charge in [-0.3, -0.25) is 0 Å². The Labute approximate surface area is 335 Å². The molecule has 0 spiro atoms. The van der Waals surface area contributed by atoms with Crippen LogP contribution in [0.2, 0.25) is 0 Å². The van der Waals surface area contributed by atoms with Crippen LogP contribution in [0.15, 0.2) is 70.4 Å². The number of rotatable bonds is 19. The van der Waals surface area contributed by atoms with Gasteiger partial charge in [0, 0.05) is 59.3 Å². The van der Waals surface area contributed by atoms with Crippen LogP contribution in [0.4, 0.5) is 11.4 Å². The van der Waals surface area contributed by atoms with Crippen molar-refractivity contribution in [1.82, 2.24) is 0 Å². The number of fused-ring (bicyclic) bond motifs is 2. The molecule has 2 aromatic rings. The lowest BCUT2D eigenvalue weighted by Gasteiger charge is -2.27. The zero-order chi connectivity index (χ0) is 39.8. The zero-order valence-electron chi connectivity index (χ0n) is 34.8. The second kappa shape index (κ2) is 19.3. The van der Waals surface area contributed by atoms with Crippen LogP contribution in [0.5, 0.6) is 5.75 Å². The second-order valence-electron chi connectivity index (χ2n) is 15.6. The Morgan fingerprint density at radius 3 is 2.16 bits per heavy atom. The van der Waals surface area contributed by atoms with Gasteiger partial charge < -0.3 is 33.7 Å². The number of hydrogen-bond donors (Lipinski definition) is 1. The molecule has 55 heavy (non-hydrogen) atoms. The fourth-order valence-corrected chi connectivity index (χ4v) is 8.46. The molecule has 1 aliphatic carbocycles. The molecule has 1 N–H and O–H groups in total. The molecule has 0 saturated carbocycles. The number of benzene rings is 2. The van der Waals surface area contributed by atoms with E-state index < -0.39 is 0 Å². The summed E-state index contributed by atoms with van der Waals surface area (Å²) in [5, 5.41) is 10.9. The van der Waals surface area contributed by atoms with E-state index >= 15 is 0 Å². The minimum absolute atomic E-state index is 0.0196. The molecule has 0 saturated heterocycles. The van der Waals surface area contributed by atoms with Crippen LogP contribution in [0.3, 0.4) is 0 Å². The summed E-state index contributed by atoms with van der Waals surface area (Å²) < 4.78 is 31.1. The van der Waals surface area contributed by atoms with E-state index in [-0.39, 0.29) is 17.4 Å². The van der Waals surface area contributed by atoms with E-state index in [0.29, 0.717) is 59.4 Å². The van der Waals surface area contributed by atoms with Gasteiger partial charge in [0.05, 0.1) is 52.2 Å². The standard InChI is InChI=1S/C46H64ClN2O6/c1-10-52-23-25-54-21-19-48-39-27-32(3)36(31-50)29-37(39)45(5,6)42(48)17-15-34-13-12-14-35(44(34)47)16-18-43-46(7,8)38-30-41(51-9)33(4)28-40(38)49(43)20-22-55-26-24-53-11-2/h15-18,27-30,50H,10-14,19-26,31H2,1-9H3/q+1. The number of nitrogens with zero attached hydrogens (tertiary/aromatic N) is 2. The van der Waals surface area contributed by atoms with Gasteiger partial charge in [-0.1, -0.05) is 43.7 Å². The van der Waals surface area contributed by atoms with Crippen LogP contribution in [0, 0.1) is 13.8 Å². The third-order valence-corrected chi connectivity index (χ3v) is 11.8. The van der Waals surface area contributed by atoms with E-state index in [4.69, 9.17) is 35.3 Å². The highest BCUT2D eigenvalue weighted by Gasteiger charge is 2.45. The molecule has 2 aliphatic heterocycles. The maximum atomic E-state index is 10.1. The fraction of sp³-hybridized carbons (Fsp3) is 0.543. The molecule has 9 heteroatoms. The summed E-state index contributed by atoms with van der Waals surface area (Å²) in [4.78, 5) is 2.38. The molecule has 0 aromatic heterocycles. The lowest BCUT2D eigenvalue weighted by molar-refractivity contribution is -0.442. The SMILES string of the molecule is CCOCCOCCN1C(=CC=C2CCCC(C=CC3=[N+](CCOCCOCC)c4cc(C)c(OC)cc4C3(C)C)=C2Cl)C(C)(C)c2cc(CO)c(C)cc21. The van der Waals surface area contributed by atoms with Crippen LogP contribution in [-0.4, -0.2) is 88.4 Å². The van der Waals surface area contributed by atoms with E-state index in [2.05, 4.69) is 99.6 Å². The van der Waals surface area contributed by atoms with Crippen LogP contribution in [-0.2, 0) is 36.4 Å². The number of anilines is 1. The summed E-state index contributed by atoms with van der Waals surface area (Å²) in [5.74, 6) is 0.900. The molecule has 3 aliphatic rings. The lowest BCUT2D eigenvalue weighted by atomic mass is 9.80. The maximum absolute atomic E-state index is 10.1. The lowest BCUT2D eigenvalue weighted by Crippen LogP contribution is -2.29. The first-order valence-corrected chi connectivity index (χ1v) is 20.4. The minimum Gasteiger partial charge on any atom is -0.496 e. The number of allylic oxidation sites excluding steroid dienone is 8. The first kappa shape index (κ1) is 42.9. The average Bonchev–Trinajstić information content (AvgIpc) is 3.49. The number of hydrogen-bond acceptors (Lipinski definition) is 7. The van der Waals surface area contributed by atoms with Gasteiger partial charge in [0.15, 0.2) is 12.3 Å². The van der Waals surface area contributed by atoms with Crippen LogP contribution < -0.4 is 9.64 Å². The molecule has 0 unspecified atom stereocenters. The van der Waals surface area contributed by atoms with Crippen molar-refractivity contribution < 1.29 is 33.4 Å². The van der Waals surface area contributed by atoms with Crippen molar-refractivity contribution in [2.45, 2.75) is 92.1 Å². The van der Waals surface area contributed by atoms with Gasteiger partial charge in [0.25, 0.3) is 0 Å². The summed E-state index contributed by atoms with van der Waals surface area (Å²) in [6.07, 6.45) is 11.8. The van der Waals surface area contributed by atoms with Gasteiger partial charge in [-0.2, -0.15) is 4.58 Å². The molecule has 0 amide bonds. The van der Waals surface area contributed by atoms with Gasteiger partial charge in [-0.05, 0) is 112 Å². The minimum atomic E-state index is -0.278. The molecule has 8 nitrogen and oxygen atoms in total. The number of ether oxygens (including phenoxy) is 5. The Morgan fingerprint density at radius 2 is 1.49 bits per heavy atom. The molecule has 0 atom stereocenters. The predicted molar refractivity (Wildman–Crippen MR) is 225 cm³/mol. The number of aliphatic hydroxyl groups excluding tert-OH is 1. The van der Waals surface area contributed by atoms with Crippen molar-refractivity contribution in [3.8, 4) is 5.75 Å². The second-order valence-corrected chi connectivity index (χ2v) is 16.0. The zero-order valence-corrected chi connectivity index (χ0v) is 35.5. The van der Waals surface area contributed by atoms with E-state index in [1.54, 1.807) is 7.11 Å². The Morgan fingerprint density at radius 1 is 0.800 bits per heavy atom. The molecule has 0 bridgehead atoms. The van der Waals surface area contributed by atoms with Crippen LogP contribution in [0.1, 0.15) is 88.6 Å². The van der Waals surface area contributed by atoms with Gasteiger partial charge in [-0.25, -0.2) is 0 Å². The van der Waals surface area contributed by atoms with Gasteiger partial charge in [0.2, 0.25) is 5.69 Å². The first-order valence-electron chi connectivity index (χ1n) is 20.1. The monoisotopic (exact) mass is 775 g/mol. The molecule has 2 heterocycles. The number of aryl methyl sites for hydroxylation is 2. The van der Waals surface area contributed by atoms with Crippen molar-refractivity contribution in [2.75, 3.05) is 78.0 Å². The highest BCUT2D eigenvalue weighted by Crippen LogP contribution is 2.49.